The lowest BCUT2D eigenvalue weighted by atomic mass is 9.90. The first-order chi connectivity index (χ1) is 7.75. The number of nitrogens with two attached hydrogens (primary N) is 1. The van der Waals surface area contributed by atoms with Crippen molar-refractivity contribution < 1.29 is 9.53 Å². The van der Waals surface area contributed by atoms with Gasteiger partial charge in [0, 0.05) is 6.04 Å². The summed E-state index contributed by atoms with van der Waals surface area (Å²) in [4.78, 5) is 11.7. The predicted molar refractivity (Wildman–Crippen MR) is 62.8 cm³/mol. The average Bonchev–Trinajstić information content (AvgIpc) is 2.74. The summed E-state index contributed by atoms with van der Waals surface area (Å²) in [5.74, 6) is 0.408. The number of hydrogen-bond donors (Lipinski definition) is 1. The van der Waals surface area contributed by atoms with Crippen molar-refractivity contribution in [3.05, 3.63) is 12.2 Å². The molecule has 16 heavy (non-hydrogen) atoms. The smallest absolute Gasteiger partial charge is 0.312 e. The van der Waals surface area contributed by atoms with E-state index in [-0.39, 0.29) is 17.9 Å². The highest BCUT2D eigenvalue weighted by molar-refractivity contribution is 5.75. The molecule has 3 heteroatoms. The van der Waals surface area contributed by atoms with E-state index >= 15 is 0 Å². The highest BCUT2D eigenvalue weighted by atomic mass is 16.5. The number of esters is 1. The van der Waals surface area contributed by atoms with Crippen molar-refractivity contribution in [1.82, 2.24) is 0 Å². The van der Waals surface area contributed by atoms with E-state index in [0.29, 0.717) is 18.9 Å². The second kappa shape index (κ2) is 5.48. The monoisotopic (exact) mass is 223 g/mol. The van der Waals surface area contributed by atoms with Crippen molar-refractivity contribution >= 4 is 5.97 Å². The minimum Gasteiger partial charge on any atom is -0.465 e. The molecule has 0 saturated heterocycles. The van der Waals surface area contributed by atoms with Crippen LogP contribution in [0.3, 0.4) is 0 Å². The molecule has 0 amide bonds. The Hall–Kier alpha value is -0.830. The van der Waals surface area contributed by atoms with Crippen molar-refractivity contribution in [2.45, 2.75) is 44.6 Å². The maximum Gasteiger partial charge on any atom is 0.312 e. The molecular weight excluding hydrogens is 202 g/mol. The molecule has 0 aromatic rings. The van der Waals surface area contributed by atoms with Crippen LogP contribution in [0.2, 0.25) is 0 Å². The standard InChI is InChI=1S/C13H21NO2/c14-12-7-6-11(8-12)13(15)16-9-10-4-2-1-3-5-10/h6-7,10-12H,1-5,8-9,14H2. The molecule has 0 aliphatic heterocycles. The summed E-state index contributed by atoms with van der Waals surface area (Å²) >= 11 is 0. The van der Waals surface area contributed by atoms with E-state index in [1.54, 1.807) is 0 Å². The van der Waals surface area contributed by atoms with E-state index in [9.17, 15) is 4.79 Å². The molecule has 0 spiro atoms. The predicted octanol–water partition coefficient (Wildman–Crippen LogP) is 2.01. The molecule has 0 radical (unpaired) electrons. The van der Waals surface area contributed by atoms with Gasteiger partial charge in [0.2, 0.25) is 0 Å². The zero-order valence-corrected chi connectivity index (χ0v) is 9.73. The molecule has 2 rings (SSSR count). The van der Waals surface area contributed by atoms with Gasteiger partial charge in [-0.3, -0.25) is 4.79 Å². The highest BCUT2D eigenvalue weighted by Crippen LogP contribution is 2.25. The van der Waals surface area contributed by atoms with E-state index in [0.717, 1.165) is 0 Å². The van der Waals surface area contributed by atoms with Gasteiger partial charge in [0.25, 0.3) is 0 Å². The minimum absolute atomic E-state index is 0.0345. The van der Waals surface area contributed by atoms with Crippen molar-refractivity contribution in [1.29, 1.82) is 0 Å². The van der Waals surface area contributed by atoms with E-state index in [1.807, 2.05) is 12.2 Å². The van der Waals surface area contributed by atoms with Crippen LogP contribution < -0.4 is 5.73 Å². The van der Waals surface area contributed by atoms with E-state index < -0.39 is 0 Å². The van der Waals surface area contributed by atoms with Crippen LogP contribution in [0.25, 0.3) is 0 Å². The molecule has 2 atom stereocenters. The SMILES string of the molecule is NC1C=CC(C(=O)OCC2CCCCC2)C1. The largest absolute Gasteiger partial charge is 0.465 e. The van der Waals surface area contributed by atoms with Crippen molar-refractivity contribution in [3.8, 4) is 0 Å². The molecule has 1 saturated carbocycles. The average molecular weight is 223 g/mol. The van der Waals surface area contributed by atoms with Gasteiger partial charge in [0.15, 0.2) is 0 Å². The molecule has 2 N–H and O–H groups in total. The molecule has 90 valence electrons. The van der Waals surface area contributed by atoms with Gasteiger partial charge in [-0.1, -0.05) is 31.4 Å². The number of hydrogen-bond acceptors (Lipinski definition) is 3. The Bertz CT molecular complexity index is 269. The summed E-state index contributed by atoms with van der Waals surface area (Å²) in [5, 5.41) is 0. The normalized spacial score (nSPS) is 30.6. The second-order valence-electron chi connectivity index (χ2n) is 5.03. The Morgan fingerprint density at radius 2 is 2.00 bits per heavy atom. The summed E-state index contributed by atoms with van der Waals surface area (Å²) < 4.78 is 5.37. The Labute approximate surface area is 97.0 Å². The molecule has 2 aliphatic carbocycles. The molecule has 3 nitrogen and oxygen atoms in total. The van der Waals surface area contributed by atoms with Crippen molar-refractivity contribution in [2.75, 3.05) is 6.61 Å². The number of ether oxygens (including phenoxy) is 1. The number of carbonyl (C=O) groups excluding carboxylic acids is 1. The maximum absolute atomic E-state index is 11.7. The van der Waals surface area contributed by atoms with Gasteiger partial charge in [-0.15, -0.1) is 0 Å². The van der Waals surface area contributed by atoms with Crippen LogP contribution in [0.1, 0.15) is 38.5 Å². The third-order valence-corrected chi connectivity index (χ3v) is 3.61. The summed E-state index contributed by atoms with van der Waals surface area (Å²) in [7, 11) is 0. The van der Waals surface area contributed by atoms with Gasteiger partial charge in [-0.05, 0) is 25.2 Å². The molecule has 0 aromatic heterocycles. The number of rotatable bonds is 3. The maximum atomic E-state index is 11.7. The van der Waals surface area contributed by atoms with E-state index in [1.165, 1.54) is 32.1 Å². The first-order valence-electron chi connectivity index (χ1n) is 6.36. The zero-order valence-electron chi connectivity index (χ0n) is 9.73. The summed E-state index contributed by atoms with van der Waals surface area (Å²) in [6.45, 7) is 0.610. The van der Waals surface area contributed by atoms with Crippen molar-refractivity contribution in [2.24, 2.45) is 17.6 Å². The van der Waals surface area contributed by atoms with Crippen LogP contribution in [0.15, 0.2) is 12.2 Å². The van der Waals surface area contributed by atoms with Crippen molar-refractivity contribution in [3.63, 3.8) is 0 Å². The Morgan fingerprint density at radius 3 is 2.62 bits per heavy atom. The fourth-order valence-corrected chi connectivity index (χ4v) is 2.56. The van der Waals surface area contributed by atoms with Crippen LogP contribution in [0.5, 0.6) is 0 Å². The molecule has 1 fully saturated rings. The molecule has 2 unspecified atom stereocenters. The molecule has 0 aromatic carbocycles. The Morgan fingerprint density at radius 1 is 1.25 bits per heavy atom. The van der Waals surface area contributed by atoms with Crippen LogP contribution in [0, 0.1) is 11.8 Å². The first kappa shape index (κ1) is 11.6. The van der Waals surface area contributed by atoms with E-state index in [4.69, 9.17) is 10.5 Å². The molecule has 0 bridgehead atoms. The van der Waals surface area contributed by atoms with Gasteiger partial charge >= 0.3 is 5.97 Å². The van der Waals surface area contributed by atoms with Gasteiger partial charge in [0.1, 0.15) is 0 Å². The lowest BCUT2D eigenvalue weighted by Gasteiger charge is -2.21. The quantitative estimate of drug-likeness (QED) is 0.588. The number of carbonyl (C=O) groups is 1. The van der Waals surface area contributed by atoms with E-state index in [2.05, 4.69) is 0 Å². The lowest BCUT2D eigenvalue weighted by Crippen LogP contribution is -2.23. The van der Waals surface area contributed by atoms with Gasteiger partial charge in [-0.25, -0.2) is 0 Å². The second-order valence-corrected chi connectivity index (χ2v) is 5.03. The minimum atomic E-state index is -0.0985. The first-order valence-corrected chi connectivity index (χ1v) is 6.36. The third kappa shape index (κ3) is 3.08. The van der Waals surface area contributed by atoms with Crippen LogP contribution in [0.4, 0.5) is 0 Å². The summed E-state index contributed by atoms with van der Waals surface area (Å²) in [6, 6.07) is 0.0345. The van der Waals surface area contributed by atoms with Crippen LogP contribution >= 0.6 is 0 Å². The molecule has 2 aliphatic rings. The fraction of sp³-hybridized carbons (Fsp3) is 0.769. The summed E-state index contributed by atoms with van der Waals surface area (Å²) in [6.07, 6.45) is 10.8. The lowest BCUT2D eigenvalue weighted by molar-refractivity contribution is -0.148. The Kier molecular flexibility index (Phi) is 3.99. The molecular formula is C13H21NO2. The van der Waals surface area contributed by atoms with Gasteiger partial charge in [0.05, 0.1) is 12.5 Å². The van der Waals surface area contributed by atoms with Gasteiger partial charge in [-0.2, -0.15) is 0 Å². The fourth-order valence-electron chi connectivity index (χ4n) is 2.56. The highest BCUT2D eigenvalue weighted by Gasteiger charge is 2.25. The molecule has 0 heterocycles. The van der Waals surface area contributed by atoms with Gasteiger partial charge < -0.3 is 10.5 Å². The third-order valence-electron chi connectivity index (χ3n) is 3.61. The zero-order chi connectivity index (χ0) is 11.4. The summed E-state index contributed by atoms with van der Waals surface area (Å²) in [5.41, 5.74) is 5.71. The Balaban J connectivity index is 1.69. The van der Waals surface area contributed by atoms with Crippen LogP contribution in [-0.4, -0.2) is 18.6 Å². The van der Waals surface area contributed by atoms with Crippen LogP contribution in [-0.2, 0) is 9.53 Å². The topological polar surface area (TPSA) is 52.3 Å².